The van der Waals surface area contributed by atoms with Crippen molar-refractivity contribution < 1.29 is 18.5 Å². The Morgan fingerprint density at radius 3 is 2.81 bits per heavy atom. The molecule has 2 N–H and O–H groups in total. The number of carbonyl (C=O) groups is 2. The van der Waals surface area contributed by atoms with Crippen LogP contribution in [0, 0.1) is 12.7 Å². The molecule has 6 nitrogen and oxygen atoms in total. The van der Waals surface area contributed by atoms with Crippen molar-refractivity contribution in [1.29, 1.82) is 0 Å². The fourth-order valence-electron chi connectivity index (χ4n) is 3.09. The molecule has 1 fully saturated rings. The van der Waals surface area contributed by atoms with E-state index in [1.54, 1.807) is 19.1 Å². The second-order valence-electron chi connectivity index (χ2n) is 6.71. The standard InChI is InChI=1S/C20H18FN3O3/c1-11-17(18(24-27-11)12-4-2-5-14(21)8-12)19(25)13-9-16(22-10-13)20(26)23-15-6-3-7-15/h2,4-5,8-10,15,22H,3,6-7H2,1H3,(H,23,26). The van der Waals surface area contributed by atoms with E-state index in [1.165, 1.54) is 24.4 Å². The summed E-state index contributed by atoms with van der Waals surface area (Å²) < 4.78 is 18.7. The first kappa shape index (κ1) is 17.2. The molecule has 1 aliphatic rings. The predicted molar refractivity (Wildman–Crippen MR) is 96.0 cm³/mol. The summed E-state index contributed by atoms with van der Waals surface area (Å²) in [4.78, 5) is 28.1. The van der Waals surface area contributed by atoms with Crippen LogP contribution in [0.25, 0.3) is 11.3 Å². The first-order valence-electron chi connectivity index (χ1n) is 8.79. The normalized spacial score (nSPS) is 14.0. The van der Waals surface area contributed by atoms with Crippen LogP contribution < -0.4 is 5.32 Å². The van der Waals surface area contributed by atoms with Gasteiger partial charge in [-0.25, -0.2) is 4.39 Å². The Balaban J connectivity index is 1.62. The van der Waals surface area contributed by atoms with E-state index in [-0.39, 0.29) is 29.0 Å². The average molecular weight is 367 g/mol. The second kappa shape index (κ2) is 6.83. The van der Waals surface area contributed by atoms with Gasteiger partial charge < -0.3 is 14.8 Å². The van der Waals surface area contributed by atoms with Gasteiger partial charge in [-0.1, -0.05) is 17.3 Å². The summed E-state index contributed by atoms with van der Waals surface area (Å²) in [7, 11) is 0. The van der Waals surface area contributed by atoms with Crippen LogP contribution in [0.3, 0.4) is 0 Å². The molecule has 0 unspecified atom stereocenters. The molecule has 1 aromatic carbocycles. The lowest BCUT2D eigenvalue weighted by atomic mass is 9.93. The second-order valence-corrected chi connectivity index (χ2v) is 6.71. The summed E-state index contributed by atoms with van der Waals surface area (Å²) >= 11 is 0. The minimum atomic E-state index is -0.428. The summed E-state index contributed by atoms with van der Waals surface area (Å²) in [6.07, 6.45) is 4.57. The number of H-pyrrole nitrogens is 1. The highest BCUT2D eigenvalue weighted by Crippen LogP contribution is 2.28. The molecule has 2 heterocycles. The highest BCUT2D eigenvalue weighted by molar-refractivity contribution is 6.13. The van der Waals surface area contributed by atoms with Crippen LogP contribution >= 0.6 is 0 Å². The maximum Gasteiger partial charge on any atom is 0.267 e. The van der Waals surface area contributed by atoms with Gasteiger partial charge in [0.25, 0.3) is 5.91 Å². The maximum absolute atomic E-state index is 13.6. The first-order chi connectivity index (χ1) is 13.0. The number of carbonyl (C=O) groups excluding carboxylic acids is 2. The van der Waals surface area contributed by atoms with E-state index in [4.69, 9.17) is 4.52 Å². The zero-order valence-corrected chi connectivity index (χ0v) is 14.7. The number of rotatable bonds is 5. The van der Waals surface area contributed by atoms with Gasteiger partial charge in [-0.05, 0) is 44.4 Å². The van der Waals surface area contributed by atoms with Gasteiger partial charge in [0, 0.05) is 23.4 Å². The van der Waals surface area contributed by atoms with Crippen LogP contribution in [-0.4, -0.2) is 27.9 Å². The summed E-state index contributed by atoms with van der Waals surface area (Å²) in [5.41, 5.74) is 1.63. The van der Waals surface area contributed by atoms with E-state index >= 15 is 0 Å². The van der Waals surface area contributed by atoms with Crippen LogP contribution in [0.5, 0.6) is 0 Å². The van der Waals surface area contributed by atoms with Gasteiger partial charge in [0.2, 0.25) is 0 Å². The minimum absolute atomic E-state index is 0.208. The van der Waals surface area contributed by atoms with E-state index in [0.29, 0.717) is 22.6 Å². The highest BCUT2D eigenvalue weighted by Gasteiger charge is 2.25. The fraction of sp³-hybridized carbons (Fsp3) is 0.250. The van der Waals surface area contributed by atoms with Crippen molar-refractivity contribution in [3.05, 3.63) is 64.9 Å². The van der Waals surface area contributed by atoms with Crippen LogP contribution in [0.4, 0.5) is 4.39 Å². The van der Waals surface area contributed by atoms with E-state index in [2.05, 4.69) is 15.5 Å². The Morgan fingerprint density at radius 1 is 1.30 bits per heavy atom. The molecule has 1 aliphatic carbocycles. The van der Waals surface area contributed by atoms with Gasteiger partial charge >= 0.3 is 0 Å². The largest absolute Gasteiger partial charge is 0.360 e. The SMILES string of the molecule is Cc1onc(-c2cccc(F)c2)c1C(=O)c1c[nH]c(C(=O)NC2CCC2)c1. The van der Waals surface area contributed by atoms with Gasteiger partial charge in [-0.3, -0.25) is 9.59 Å². The number of nitrogens with one attached hydrogen (secondary N) is 2. The van der Waals surface area contributed by atoms with Crippen molar-refractivity contribution >= 4 is 11.7 Å². The third-order valence-electron chi connectivity index (χ3n) is 4.82. The van der Waals surface area contributed by atoms with Gasteiger partial charge in [-0.2, -0.15) is 0 Å². The Bertz CT molecular complexity index is 1020. The minimum Gasteiger partial charge on any atom is -0.360 e. The van der Waals surface area contributed by atoms with Gasteiger partial charge in [0.05, 0.1) is 5.56 Å². The predicted octanol–water partition coefficient (Wildman–Crippen LogP) is 3.63. The number of hydrogen-bond acceptors (Lipinski definition) is 4. The highest BCUT2D eigenvalue weighted by atomic mass is 19.1. The molecule has 7 heteroatoms. The molecule has 0 aliphatic heterocycles. The Morgan fingerprint density at radius 2 is 2.11 bits per heavy atom. The molecule has 0 saturated heterocycles. The van der Waals surface area contributed by atoms with Gasteiger partial charge in [0.15, 0.2) is 5.78 Å². The summed E-state index contributed by atoms with van der Waals surface area (Å²) in [6.45, 7) is 1.62. The number of aromatic amines is 1. The Hall–Kier alpha value is -3.22. The van der Waals surface area contributed by atoms with Gasteiger partial charge in [-0.15, -0.1) is 0 Å². The van der Waals surface area contributed by atoms with Crippen molar-refractivity contribution in [3.63, 3.8) is 0 Å². The summed E-state index contributed by atoms with van der Waals surface area (Å²) in [5.74, 6) is -0.665. The smallest absolute Gasteiger partial charge is 0.267 e. The van der Waals surface area contributed by atoms with Crippen molar-refractivity contribution in [3.8, 4) is 11.3 Å². The van der Waals surface area contributed by atoms with E-state index in [1.807, 2.05) is 0 Å². The lowest BCUT2D eigenvalue weighted by Gasteiger charge is -2.25. The van der Waals surface area contributed by atoms with Crippen LogP contribution in [0.15, 0.2) is 41.1 Å². The van der Waals surface area contributed by atoms with Crippen LogP contribution in [0.2, 0.25) is 0 Å². The van der Waals surface area contributed by atoms with Crippen molar-refractivity contribution in [2.45, 2.75) is 32.2 Å². The number of halogens is 1. The van der Waals surface area contributed by atoms with E-state index in [0.717, 1.165) is 19.3 Å². The molecule has 2 aromatic heterocycles. The zero-order valence-electron chi connectivity index (χ0n) is 14.7. The number of aryl methyl sites for hydroxylation is 1. The lowest BCUT2D eigenvalue weighted by Crippen LogP contribution is -2.39. The van der Waals surface area contributed by atoms with Crippen LogP contribution in [-0.2, 0) is 0 Å². The average Bonchev–Trinajstić information content (AvgIpc) is 3.24. The van der Waals surface area contributed by atoms with Crippen molar-refractivity contribution in [2.75, 3.05) is 0 Å². The molecule has 0 atom stereocenters. The van der Waals surface area contributed by atoms with Crippen molar-refractivity contribution in [1.82, 2.24) is 15.5 Å². The molecular formula is C20H18FN3O3. The maximum atomic E-state index is 13.6. The molecule has 0 spiro atoms. The van der Waals surface area contributed by atoms with E-state index in [9.17, 15) is 14.0 Å². The molecule has 4 rings (SSSR count). The molecule has 1 saturated carbocycles. The first-order valence-corrected chi connectivity index (χ1v) is 8.79. The van der Waals surface area contributed by atoms with Gasteiger partial charge in [0.1, 0.15) is 23.0 Å². The topological polar surface area (TPSA) is 88.0 Å². The monoisotopic (exact) mass is 367 g/mol. The number of ketones is 1. The fourth-order valence-corrected chi connectivity index (χ4v) is 3.09. The molecule has 138 valence electrons. The molecular weight excluding hydrogens is 349 g/mol. The number of aromatic nitrogens is 2. The van der Waals surface area contributed by atoms with E-state index < -0.39 is 5.82 Å². The molecule has 0 radical (unpaired) electrons. The lowest BCUT2D eigenvalue weighted by molar-refractivity contribution is 0.0912. The summed E-state index contributed by atoms with van der Waals surface area (Å²) in [6, 6.07) is 7.53. The molecule has 1 amide bonds. The zero-order chi connectivity index (χ0) is 19.0. The Kier molecular flexibility index (Phi) is 4.35. The number of benzene rings is 1. The molecule has 27 heavy (non-hydrogen) atoms. The number of amides is 1. The molecule has 3 aromatic rings. The number of nitrogens with zero attached hydrogens (tertiary/aromatic N) is 1. The third-order valence-corrected chi connectivity index (χ3v) is 4.82. The quantitative estimate of drug-likeness (QED) is 0.674. The summed E-state index contributed by atoms with van der Waals surface area (Å²) in [5, 5.41) is 6.84. The molecule has 0 bridgehead atoms. The van der Waals surface area contributed by atoms with Crippen molar-refractivity contribution in [2.24, 2.45) is 0 Å². The van der Waals surface area contributed by atoms with Crippen LogP contribution in [0.1, 0.15) is 51.4 Å². The third kappa shape index (κ3) is 3.28. The number of hydrogen-bond donors (Lipinski definition) is 2. The Labute approximate surface area is 154 Å².